The average Bonchev–Trinajstić information content (AvgIpc) is 3.13. The number of nitrogens with zero attached hydrogens (tertiary/aromatic N) is 1. The van der Waals surface area contributed by atoms with Gasteiger partial charge < -0.3 is 10.6 Å². The normalized spacial score (nSPS) is 15.5. The molecule has 0 spiro atoms. The van der Waals surface area contributed by atoms with Crippen molar-refractivity contribution in [2.75, 3.05) is 25.0 Å². The molecule has 27 heavy (non-hydrogen) atoms. The van der Waals surface area contributed by atoms with Crippen LogP contribution in [-0.2, 0) is 19.6 Å². The van der Waals surface area contributed by atoms with E-state index >= 15 is 0 Å². The van der Waals surface area contributed by atoms with E-state index in [1.165, 1.54) is 10.4 Å². The molecular formula is C19H29N3O4S. The molecule has 0 bridgehead atoms. The Morgan fingerprint density at radius 1 is 1.15 bits per heavy atom. The first-order valence-corrected chi connectivity index (χ1v) is 10.7. The topological polar surface area (TPSA) is 95.6 Å². The summed E-state index contributed by atoms with van der Waals surface area (Å²) in [7, 11) is -3.51. The Morgan fingerprint density at radius 2 is 1.81 bits per heavy atom. The van der Waals surface area contributed by atoms with E-state index in [0.29, 0.717) is 31.7 Å². The molecule has 2 N–H and O–H groups in total. The predicted octanol–water partition coefficient (Wildman–Crippen LogP) is 2.35. The standard InChI is InChI=1S/C19H29N3O4S/c1-19(2,3)18(24)20-11-7-10-17(23)21-15-8-6-9-16(14-15)27(25,26)22-12-4-5-13-22/h6,8-9,14H,4-5,7,10-13H2,1-3H3,(H,20,24)(H,21,23). The van der Waals surface area contributed by atoms with Crippen LogP contribution >= 0.6 is 0 Å². The van der Waals surface area contributed by atoms with Gasteiger partial charge in [0, 0.05) is 37.2 Å². The van der Waals surface area contributed by atoms with Crippen molar-refractivity contribution in [2.24, 2.45) is 5.41 Å². The molecule has 150 valence electrons. The van der Waals surface area contributed by atoms with Crippen LogP contribution < -0.4 is 10.6 Å². The predicted molar refractivity (Wildman–Crippen MR) is 105 cm³/mol. The van der Waals surface area contributed by atoms with Crippen molar-refractivity contribution in [1.29, 1.82) is 0 Å². The minimum Gasteiger partial charge on any atom is -0.356 e. The number of rotatable bonds is 7. The molecule has 0 aliphatic carbocycles. The molecule has 2 amide bonds. The van der Waals surface area contributed by atoms with Crippen molar-refractivity contribution in [3.05, 3.63) is 24.3 Å². The number of hydrogen-bond acceptors (Lipinski definition) is 4. The molecule has 1 aliphatic heterocycles. The molecule has 1 aromatic rings. The number of hydrogen-bond donors (Lipinski definition) is 2. The second-order valence-electron chi connectivity index (χ2n) is 7.80. The van der Waals surface area contributed by atoms with Gasteiger partial charge in [0.15, 0.2) is 0 Å². The van der Waals surface area contributed by atoms with Crippen LogP contribution in [0.5, 0.6) is 0 Å². The second kappa shape index (κ2) is 8.84. The summed E-state index contributed by atoms with van der Waals surface area (Å²) in [5, 5.41) is 5.53. The van der Waals surface area contributed by atoms with Gasteiger partial charge in [-0.2, -0.15) is 4.31 Å². The van der Waals surface area contributed by atoms with Crippen molar-refractivity contribution in [1.82, 2.24) is 9.62 Å². The Morgan fingerprint density at radius 3 is 2.44 bits per heavy atom. The van der Waals surface area contributed by atoms with Crippen molar-refractivity contribution in [3.8, 4) is 0 Å². The van der Waals surface area contributed by atoms with E-state index < -0.39 is 15.4 Å². The van der Waals surface area contributed by atoms with Gasteiger partial charge in [0.25, 0.3) is 0 Å². The SMILES string of the molecule is CC(C)(C)C(=O)NCCCC(=O)Nc1cccc(S(=O)(=O)N2CCCC2)c1. The van der Waals surface area contributed by atoms with Crippen molar-refractivity contribution in [2.45, 2.75) is 51.3 Å². The highest BCUT2D eigenvalue weighted by molar-refractivity contribution is 7.89. The monoisotopic (exact) mass is 395 g/mol. The Hall–Kier alpha value is -1.93. The van der Waals surface area contributed by atoms with Gasteiger partial charge in [0.2, 0.25) is 21.8 Å². The fourth-order valence-electron chi connectivity index (χ4n) is 2.75. The van der Waals surface area contributed by atoms with Gasteiger partial charge in [-0.3, -0.25) is 9.59 Å². The van der Waals surface area contributed by atoms with Crippen LogP contribution in [0.1, 0.15) is 46.5 Å². The number of amides is 2. The summed E-state index contributed by atoms with van der Waals surface area (Å²) in [6, 6.07) is 6.34. The smallest absolute Gasteiger partial charge is 0.243 e. The molecule has 7 nitrogen and oxygen atoms in total. The summed E-state index contributed by atoms with van der Waals surface area (Å²) in [5.41, 5.74) is 0.00258. The van der Waals surface area contributed by atoms with Crippen LogP contribution in [0.2, 0.25) is 0 Å². The maximum atomic E-state index is 12.6. The zero-order chi connectivity index (χ0) is 20.1. The third-order valence-corrected chi connectivity index (χ3v) is 6.26. The van der Waals surface area contributed by atoms with Crippen LogP contribution in [0.15, 0.2) is 29.2 Å². The van der Waals surface area contributed by atoms with E-state index in [0.717, 1.165) is 12.8 Å². The number of sulfonamides is 1. The van der Waals surface area contributed by atoms with E-state index in [1.54, 1.807) is 18.2 Å². The van der Waals surface area contributed by atoms with E-state index in [-0.39, 0.29) is 23.1 Å². The first-order valence-electron chi connectivity index (χ1n) is 9.29. The highest BCUT2D eigenvalue weighted by atomic mass is 32.2. The maximum Gasteiger partial charge on any atom is 0.243 e. The number of anilines is 1. The molecule has 0 radical (unpaired) electrons. The molecule has 1 aromatic carbocycles. The Labute approximate surface area is 161 Å². The van der Waals surface area contributed by atoms with Crippen molar-refractivity contribution < 1.29 is 18.0 Å². The number of carbonyl (C=O) groups excluding carboxylic acids is 2. The molecule has 2 rings (SSSR count). The molecule has 0 aromatic heterocycles. The fraction of sp³-hybridized carbons (Fsp3) is 0.579. The average molecular weight is 396 g/mol. The summed E-state index contributed by atoms with van der Waals surface area (Å²) in [6.45, 7) is 7.00. The lowest BCUT2D eigenvalue weighted by Gasteiger charge is -2.17. The molecule has 1 fully saturated rings. The summed E-state index contributed by atoms with van der Waals surface area (Å²) >= 11 is 0. The van der Waals surface area contributed by atoms with Gasteiger partial charge in [-0.25, -0.2) is 8.42 Å². The molecule has 1 aliphatic rings. The number of benzene rings is 1. The zero-order valence-corrected chi connectivity index (χ0v) is 17.1. The molecule has 0 unspecified atom stereocenters. The van der Waals surface area contributed by atoms with E-state index in [9.17, 15) is 18.0 Å². The lowest BCUT2D eigenvalue weighted by atomic mass is 9.96. The molecule has 0 atom stereocenters. The van der Waals surface area contributed by atoms with Crippen LogP contribution in [0, 0.1) is 5.41 Å². The third-order valence-electron chi connectivity index (χ3n) is 4.37. The van der Waals surface area contributed by atoms with Crippen molar-refractivity contribution >= 4 is 27.5 Å². The van der Waals surface area contributed by atoms with Gasteiger partial charge in [0.05, 0.1) is 4.90 Å². The van der Waals surface area contributed by atoms with E-state index in [4.69, 9.17) is 0 Å². The largest absolute Gasteiger partial charge is 0.356 e. The molecule has 0 saturated carbocycles. The Kier molecular flexibility index (Phi) is 7.00. The zero-order valence-electron chi connectivity index (χ0n) is 16.2. The van der Waals surface area contributed by atoms with Crippen LogP contribution in [0.25, 0.3) is 0 Å². The number of carbonyl (C=O) groups is 2. The number of nitrogens with one attached hydrogen (secondary N) is 2. The first kappa shape index (κ1) is 21.4. The summed E-state index contributed by atoms with van der Waals surface area (Å²) in [6.07, 6.45) is 2.51. The second-order valence-corrected chi connectivity index (χ2v) is 9.73. The Bertz CT molecular complexity index is 778. The van der Waals surface area contributed by atoms with Gasteiger partial charge in [-0.05, 0) is 37.5 Å². The Balaban J connectivity index is 1.87. The highest BCUT2D eigenvalue weighted by Gasteiger charge is 2.27. The summed E-state index contributed by atoms with van der Waals surface area (Å²) < 4.78 is 26.7. The molecule has 8 heteroatoms. The minimum atomic E-state index is -3.51. The van der Waals surface area contributed by atoms with Gasteiger partial charge in [-0.15, -0.1) is 0 Å². The fourth-order valence-corrected chi connectivity index (χ4v) is 4.31. The van der Waals surface area contributed by atoms with Gasteiger partial charge >= 0.3 is 0 Å². The van der Waals surface area contributed by atoms with E-state index in [2.05, 4.69) is 10.6 Å². The van der Waals surface area contributed by atoms with Crippen molar-refractivity contribution in [3.63, 3.8) is 0 Å². The minimum absolute atomic E-state index is 0.0530. The summed E-state index contributed by atoms with van der Waals surface area (Å²) in [4.78, 5) is 24.0. The molecular weight excluding hydrogens is 366 g/mol. The lowest BCUT2D eigenvalue weighted by Crippen LogP contribution is -2.35. The quantitative estimate of drug-likeness (QED) is 0.693. The van der Waals surface area contributed by atoms with Crippen LogP contribution in [-0.4, -0.2) is 44.2 Å². The molecule has 1 heterocycles. The molecule has 1 saturated heterocycles. The lowest BCUT2D eigenvalue weighted by molar-refractivity contribution is -0.128. The van der Waals surface area contributed by atoms with Gasteiger partial charge in [0.1, 0.15) is 0 Å². The third kappa shape index (κ3) is 6.04. The van der Waals surface area contributed by atoms with Crippen LogP contribution in [0.3, 0.4) is 0 Å². The highest BCUT2D eigenvalue weighted by Crippen LogP contribution is 2.23. The van der Waals surface area contributed by atoms with E-state index in [1.807, 2.05) is 20.8 Å². The van der Waals surface area contributed by atoms with Crippen LogP contribution in [0.4, 0.5) is 5.69 Å². The van der Waals surface area contributed by atoms with Gasteiger partial charge in [-0.1, -0.05) is 26.8 Å². The first-order chi connectivity index (χ1) is 12.6. The maximum absolute atomic E-state index is 12.6. The summed E-state index contributed by atoms with van der Waals surface area (Å²) in [5.74, 6) is -0.265.